The number of nitro benzene ring substituents is 1. The topological polar surface area (TPSA) is 111 Å². The lowest BCUT2D eigenvalue weighted by Gasteiger charge is -2.09. The van der Waals surface area contributed by atoms with Gasteiger partial charge in [-0.3, -0.25) is 14.9 Å². The van der Waals surface area contributed by atoms with Crippen molar-refractivity contribution < 1.29 is 19.2 Å². The summed E-state index contributed by atoms with van der Waals surface area (Å²) in [6, 6.07) is 9.47. The number of amides is 1. The second-order valence-corrected chi connectivity index (χ2v) is 5.74. The van der Waals surface area contributed by atoms with Crippen molar-refractivity contribution in [3.63, 3.8) is 0 Å². The van der Waals surface area contributed by atoms with Gasteiger partial charge in [-0.25, -0.2) is 4.79 Å². The van der Waals surface area contributed by atoms with Crippen LogP contribution in [0.5, 0.6) is 0 Å². The van der Waals surface area contributed by atoms with Gasteiger partial charge in [0.2, 0.25) is 0 Å². The van der Waals surface area contributed by atoms with Crippen LogP contribution in [0.3, 0.4) is 0 Å². The summed E-state index contributed by atoms with van der Waals surface area (Å²) in [4.78, 5) is 34.4. The molecule has 0 radical (unpaired) electrons. The molecule has 0 atom stereocenters. The van der Waals surface area contributed by atoms with Gasteiger partial charge < -0.3 is 15.4 Å². The van der Waals surface area contributed by atoms with E-state index in [9.17, 15) is 19.7 Å². The van der Waals surface area contributed by atoms with E-state index in [0.717, 1.165) is 17.2 Å². The quantitative estimate of drug-likeness (QED) is 0.467. The molecule has 0 aliphatic heterocycles. The zero-order valence-electron chi connectivity index (χ0n) is 14.7. The van der Waals surface area contributed by atoms with Gasteiger partial charge in [0.15, 0.2) is 6.61 Å². The molecule has 2 rings (SSSR count). The van der Waals surface area contributed by atoms with Gasteiger partial charge in [-0.15, -0.1) is 0 Å². The first-order valence-corrected chi connectivity index (χ1v) is 7.81. The summed E-state index contributed by atoms with van der Waals surface area (Å²) >= 11 is 0. The van der Waals surface area contributed by atoms with Crippen molar-refractivity contribution in [1.29, 1.82) is 0 Å². The van der Waals surface area contributed by atoms with E-state index in [1.54, 1.807) is 12.1 Å². The second-order valence-electron chi connectivity index (χ2n) is 5.74. The molecule has 0 saturated carbocycles. The number of esters is 1. The average molecular weight is 357 g/mol. The molecular weight excluding hydrogens is 338 g/mol. The number of anilines is 2. The Labute approximate surface area is 150 Å². The van der Waals surface area contributed by atoms with Crippen molar-refractivity contribution in [2.24, 2.45) is 0 Å². The number of benzene rings is 2. The van der Waals surface area contributed by atoms with Crippen molar-refractivity contribution in [3.05, 3.63) is 63.2 Å². The lowest BCUT2D eigenvalue weighted by Crippen LogP contribution is -2.21. The smallest absolute Gasteiger partial charge is 0.338 e. The van der Waals surface area contributed by atoms with Gasteiger partial charge in [0, 0.05) is 18.8 Å². The zero-order chi connectivity index (χ0) is 19.3. The molecule has 2 N–H and O–H groups in total. The van der Waals surface area contributed by atoms with Gasteiger partial charge in [0.05, 0.1) is 10.5 Å². The molecule has 1 amide bonds. The van der Waals surface area contributed by atoms with Crippen LogP contribution in [0.1, 0.15) is 21.5 Å². The summed E-state index contributed by atoms with van der Waals surface area (Å²) in [5, 5.41) is 16.3. The monoisotopic (exact) mass is 357 g/mol. The van der Waals surface area contributed by atoms with Gasteiger partial charge in [-0.05, 0) is 49.2 Å². The Bertz CT molecular complexity index is 844. The largest absolute Gasteiger partial charge is 0.452 e. The first-order valence-electron chi connectivity index (χ1n) is 7.81. The van der Waals surface area contributed by atoms with Crippen LogP contribution in [-0.4, -0.2) is 30.5 Å². The number of nitro groups is 1. The summed E-state index contributed by atoms with van der Waals surface area (Å²) < 4.78 is 4.94. The van der Waals surface area contributed by atoms with Crippen molar-refractivity contribution in [2.75, 3.05) is 24.3 Å². The Hall–Kier alpha value is -3.42. The number of nitrogens with zero attached hydrogens (tertiary/aromatic N) is 1. The van der Waals surface area contributed by atoms with Crippen molar-refractivity contribution >= 4 is 28.9 Å². The summed E-state index contributed by atoms with van der Waals surface area (Å²) in [6.07, 6.45) is 0. The molecule has 0 bridgehead atoms. The number of carbonyl (C=O) groups is 2. The number of aryl methyl sites for hydroxylation is 2. The fraction of sp³-hybridized carbons (Fsp3) is 0.222. The predicted octanol–water partition coefficient (Wildman–Crippen LogP) is 3.05. The SMILES string of the molecule is CNc1ccc(C(=O)OCC(=O)Nc2cc(C)cc(C)c2)cc1[N+](=O)[O-]. The van der Waals surface area contributed by atoms with Gasteiger partial charge >= 0.3 is 5.97 Å². The summed E-state index contributed by atoms with van der Waals surface area (Å²) in [5.41, 5.74) is 2.62. The maximum absolute atomic E-state index is 12.0. The molecule has 8 heteroatoms. The number of rotatable bonds is 6. The van der Waals surface area contributed by atoms with Crippen LogP contribution >= 0.6 is 0 Å². The molecule has 0 unspecified atom stereocenters. The molecule has 26 heavy (non-hydrogen) atoms. The Morgan fingerprint density at radius 2 is 1.77 bits per heavy atom. The number of nitrogens with one attached hydrogen (secondary N) is 2. The second kappa shape index (κ2) is 8.11. The first kappa shape index (κ1) is 18.9. The summed E-state index contributed by atoms with van der Waals surface area (Å²) in [7, 11) is 1.54. The van der Waals surface area contributed by atoms with Crippen LogP contribution in [0, 0.1) is 24.0 Å². The third kappa shape index (κ3) is 4.79. The van der Waals surface area contributed by atoms with Crippen molar-refractivity contribution in [1.82, 2.24) is 0 Å². The Morgan fingerprint density at radius 3 is 2.35 bits per heavy atom. The summed E-state index contributed by atoms with van der Waals surface area (Å²) in [6.45, 7) is 3.32. The molecular formula is C18H19N3O5. The van der Waals surface area contributed by atoms with Crippen LogP contribution in [0.25, 0.3) is 0 Å². The Morgan fingerprint density at radius 1 is 1.12 bits per heavy atom. The predicted molar refractivity (Wildman–Crippen MR) is 97.5 cm³/mol. The molecule has 136 valence electrons. The third-order valence-electron chi connectivity index (χ3n) is 3.54. The van der Waals surface area contributed by atoms with Crippen LogP contribution < -0.4 is 10.6 Å². The van der Waals surface area contributed by atoms with E-state index in [1.165, 1.54) is 19.2 Å². The fourth-order valence-electron chi connectivity index (χ4n) is 2.48. The van der Waals surface area contributed by atoms with Crippen LogP contribution in [-0.2, 0) is 9.53 Å². The highest BCUT2D eigenvalue weighted by molar-refractivity contribution is 5.96. The van der Waals surface area contributed by atoms with Gasteiger partial charge in [0.25, 0.3) is 11.6 Å². The molecule has 8 nitrogen and oxygen atoms in total. The van der Waals surface area contributed by atoms with Crippen molar-refractivity contribution in [2.45, 2.75) is 13.8 Å². The number of carbonyl (C=O) groups excluding carboxylic acids is 2. The molecule has 0 aliphatic rings. The Kier molecular flexibility index (Phi) is 5.90. The lowest BCUT2D eigenvalue weighted by atomic mass is 10.1. The van der Waals surface area contributed by atoms with Crippen LogP contribution in [0.15, 0.2) is 36.4 Å². The van der Waals surface area contributed by atoms with Gasteiger partial charge in [-0.1, -0.05) is 6.07 Å². The maximum atomic E-state index is 12.0. The van der Waals surface area contributed by atoms with Crippen LogP contribution in [0.4, 0.5) is 17.1 Å². The normalized spacial score (nSPS) is 10.1. The third-order valence-corrected chi connectivity index (χ3v) is 3.54. The molecule has 0 fully saturated rings. The lowest BCUT2D eigenvalue weighted by molar-refractivity contribution is -0.384. The summed E-state index contributed by atoms with van der Waals surface area (Å²) in [5.74, 6) is -1.31. The van der Waals surface area contributed by atoms with E-state index in [1.807, 2.05) is 19.9 Å². The Balaban J connectivity index is 2.00. The standard InChI is InChI=1S/C18H19N3O5/c1-11-6-12(2)8-14(7-11)20-17(22)10-26-18(23)13-4-5-15(19-3)16(9-13)21(24)25/h4-9,19H,10H2,1-3H3,(H,20,22). The number of hydrogen-bond donors (Lipinski definition) is 2. The van der Waals surface area contributed by atoms with Gasteiger partial charge in [-0.2, -0.15) is 0 Å². The fourth-order valence-corrected chi connectivity index (χ4v) is 2.48. The van der Waals surface area contributed by atoms with E-state index in [2.05, 4.69) is 10.6 Å². The van der Waals surface area contributed by atoms with E-state index in [-0.39, 0.29) is 16.9 Å². The highest BCUT2D eigenvalue weighted by Crippen LogP contribution is 2.25. The van der Waals surface area contributed by atoms with Crippen molar-refractivity contribution in [3.8, 4) is 0 Å². The molecule has 0 saturated heterocycles. The highest BCUT2D eigenvalue weighted by Gasteiger charge is 2.18. The molecule has 2 aromatic carbocycles. The zero-order valence-corrected chi connectivity index (χ0v) is 14.7. The van der Waals surface area contributed by atoms with Gasteiger partial charge in [0.1, 0.15) is 5.69 Å². The number of ether oxygens (including phenoxy) is 1. The van der Waals surface area contributed by atoms with E-state index in [4.69, 9.17) is 4.74 Å². The van der Waals surface area contributed by atoms with E-state index in [0.29, 0.717) is 5.69 Å². The van der Waals surface area contributed by atoms with E-state index >= 15 is 0 Å². The minimum Gasteiger partial charge on any atom is -0.452 e. The maximum Gasteiger partial charge on any atom is 0.338 e. The van der Waals surface area contributed by atoms with E-state index < -0.39 is 23.4 Å². The minimum absolute atomic E-state index is 0.00472. The molecule has 0 heterocycles. The highest BCUT2D eigenvalue weighted by atomic mass is 16.6. The van der Waals surface area contributed by atoms with Crippen LogP contribution in [0.2, 0.25) is 0 Å². The molecule has 2 aromatic rings. The molecule has 0 aromatic heterocycles. The molecule has 0 aliphatic carbocycles. The molecule has 0 spiro atoms. The first-order chi connectivity index (χ1) is 12.3. The number of hydrogen-bond acceptors (Lipinski definition) is 6. The average Bonchev–Trinajstić information content (AvgIpc) is 2.58. The minimum atomic E-state index is -0.814.